The van der Waals surface area contributed by atoms with Gasteiger partial charge in [-0.25, -0.2) is 0 Å². The Labute approximate surface area is 189 Å². The normalized spacial score (nSPS) is 30.4. The lowest BCUT2D eigenvalue weighted by atomic mass is 9.67. The van der Waals surface area contributed by atoms with Crippen molar-refractivity contribution in [2.24, 2.45) is 5.92 Å². The largest absolute Gasteiger partial charge is 0.457 e. The summed E-state index contributed by atoms with van der Waals surface area (Å²) in [5, 5.41) is 6.21. The lowest BCUT2D eigenvalue weighted by Crippen LogP contribution is -2.71. The van der Waals surface area contributed by atoms with Gasteiger partial charge >= 0.3 is 7.12 Å². The average Bonchev–Trinajstić information content (AvgIpc) is 2.77. The molecular weight excluding hydrogens is 393 g/mol. The number of hydrogen-bond donors (Lipinski definition) is 2. The minimum atomic E-state index is -0.957. The van der Waals surface area contributed by atoms with Crippen LogP contribution in [0.4, 0.5) is 0 Å². The number of rotatable bonds is 6. The lowest BCUT2D eigenvalue weighted by molar-refractivity contribution is -0.139. The average molecular weight is 437 g/mol. The van der Waals surface area contributed by atoms with E-state index in [9.17, 15) is 9.59 Å². The van der Waals surface area contributed by atoms with Crippen LogP contribution in [0.15, 0.2) is 0 Å². The highest BCUT2D eigenvalue weighted by Crippen LogP contribution is 2.41. The number of carbonyl (C=O) groups is 2. The van der Waals surface area contributed by atoms with Gasteiger partial charge in [0.1, 0.15) is 5.54 Å². The van der Waals surface area contributed by atoms with E-state index in [1.807, 2.05) is 34.9 Å². The molecule has 1 saturated heterocycles. The zero-order chi connectivity index (χ0) is 23.8. The summed E-state index contributed by atoms with van der Waals surface area (Å²) < 4.78 is 12.3. The molecule has 2 fully saturated rings. The van der Waals surface area contributed by atoms with Gasteiger partial charge < -0.3 is 24.8 Å². The van der Waals surface area contributed by atoms with Crippen LogP contribution in [0, 0.1) is 5.92 Å². The Morgan fingerprint density at radius 3 is 2.06 bits per heavy atom. The number of hydrogen-bond acceptors (Lipinski definition) is 5. The van der Waals surface area contributed by atoms with Gasteiger partial charge in [0, 0.05) is 18.5 Å². The van der Waals surface area contributed by atoms with E-state index in [2.05, 4.69) is 43.2 Å². The summed E-state index contributed by atoms with van der Waals surface area (Å²) in [4.78, 5) is 27.9. The van der Waals surface area contributed by atoms with Crippen molar-refractivity contribution in [3.8, 4) is 0 Å². The van der Waals surface area contributed by atoms with Crippen LogP contribution in [-0.4, -0.2) is 66.2 Å². The smallest absolute Gasteiger partial charge is 0.403 e. The molecule has 0 spiro atoms. The number of likely N-dealkylation sites (N-methyl/N-ethyl adjacent to an activating group) is 1. The van der Waals surface area contributed by atoms with Crippen LogP contribution in [0.3, 0.4) is 0 Å². The Morgan fingerprint density at radius 2 is 1.61 bits per heavy atom. The number of nitrogens with zero attached hydrogens (tertiary/aromatic N) is 1. The summed E-state index contributed by atoms with van der Waals surface area (Å²) in [6.07, 6.45) is 4.13. The van der Waals surface area contributed by atoms with E-state index in [0.29, 0.717) is 12.3 Å². The number of nitrogens with one attached hydrogen (secondary N) is 2. The van der Waals surface area contributed by atoms with E-state index in [1.165, 1.54) is 6.92 Å². The molecule has 2 rings (SSSR count). The van der Waals surface area contributed by atoms with Crippen molar-refractivity contribution in [2.75, 3.05) is 14.1 Å². The highest BCUT2D eigenvalue weighted by Gasteiger charge is 2.53. The van der Waals surface area contributed by atoms with Crippen LogP contribution < -0.4 is 10.6 Å². The first-order valence-corrected chi connectivity index (χ1v) is 11.6. The van der Waals surface area contributed by atoms with Gasteiger partial charge in [0.2, 0.25) is 11.8 Å². The minimum absolute atomic E-state index is 0.0631. The van der Waals surface area contributed by atoms with Crippen molar-refractivity contribution in [3.63, 3.8) is 0 Å². The minimum Gasteiger partial charge on any atom is -0.403 e. The van der Waals surface area contributed by atoms with Crippen molar-refractivity contribution in [1.29, 1.82) is 0 Å². The van der Waals surface area contributed by atoms with Crippen molar-refractivity contribution in [1.82, 2.24) is 15.5 Å². The van der Waals surface area contributed by atoms with Gasteiger partial charge in [0.15, 0.2) is 0 Å². The van der Waals surface area contributed by atoms with E-state index in [4.69, 9.17) is 9.31 Å². The zero-order valence-electron chi connectivity index (χ0n) is 21.3. The van der Waals surface area contributed by atoms with Gasteiger partial charge in [-0.05, 0) is 94.1 Å². The summed E-state index contributed by atoms with van der Waals surface area (Å²) in [5.74, 6) is 0.0181. The Kier molecular flexibility index (Phi) is 7.61. The van der Waals surface area contributed by atoms with E-state index >= 15 is 0 Å². The fraction of sp³-hybridized carbons (Fsp3) is 0.913. The van der Waals surface area contributed by atoms with Crippen LogP contribution >= 0.6 is 0 Å². The molecule has 0 bridgehead atoms. The van der Waals surface area contributed by atoms with Crippen molar-refractivity contribution in [2.45, 2.75) is 116 Å². The van der Waals surface area contributed by atoms with E-state index in [1.54, 1.807) is 0 Å². The molecule has 1 aliphatic carbocycles. The molecule has 7 nitrogen and oxygen atoms in total. The van der Waals surface area contributed by atoms with Gasteiger partial charge in [-0.3, -0.25) is 9.59 Å². The first-order valence-electron chi connectivity index (χ1n) is 11.6. The molecule has 2 amide bonds. The van der Waals surface area contributed by atoms with Crippen LogP contribution in [-0.2, 0) is 18.9 Å². The highest BCUT2D eigenvalue weighted by atomic mass is 16.7. The predicted molar refractivity (Wildman–Crippen MR) is 125 cm³/mol. The molecule has 2 N–H and O–H groups in total. The molecular formula is C23H44BN3O4. The van der Waals surface area contributed by atoms with Crippen LogP contribution in [0.1, 0.15) is 81.1 Å². The second-order valence-electron chi connectivity index (χ2n) is 11.7. The van der Waals surface area contributed by atoms with Crippen LogP contribution in [0.5, 0.6) is 0 Å². The molecule has 2 aliphatic rings. The molecule has 8 heteroatoms. The molecule has 0 aromatic carbocycles. The standard InChI is InChI=1S/C23H44BN3O4/c1-16(28)25-23(19(29)26-20(2,3)4)15-17(11-12-18(23)27(9)10)13-14-24-30-21(5,6)22(7,8)31-24/h17-18H,11-15H2,1-10H3,(H,25,28)(H,26,29). The summed E-state index contributed by atoms with van der Waals surface area (Å²) in [7, 11) is 3.72. The van der Waals surface area contributed by atoms with Gasteiger partial charge in [0.05, 0.1) is 11.2 Å². The maximum Gasteiger partial charge on any atom is 0.457 e. The lowest BCUT2D eigenvalue weighted by Gasteiger charge is -2.49. The van der Waals surface area contributed by atoms with Crippen LogP contribution in [0.25, 0.3) is 0 Å². The predicted octanol–water partition coefficient (Wildman–Crippen LogP) is 2.99. The molecule has 0 radical (unpaired) electrons. The van der Waals surface area contributed by atoms with Crippen molar-refractivity contribution in [3.05, 3.63) is 0 Å². The van der Waals surface area contributed by atoms with E-state index in [-0.39, 0.29) is 41.7 Å². The molecule has 3 unspecified atom stereocenters. The van der Waals surface area contributed by atoms with Gasteiger partial charge in [-0.2, -0.15) is 0 Å². The van der Waals surface area contributed by atoms with Gasteiger partial charge in [0.25, 0.3) is 0 Å². The van der Waals surface area contributed by atoms with E-state index < -0.39 is 5.54 Å². The Bertz CT molecular complexity index is 658. The molecule has 178 valence electrons. The first-order chi connectivity index (χ1) is 14.0. The molecule has 31 heavy (non-hydrogen) atoms. The summed E-state index contributed by atoms with van der Waals surface area (Å²) in [5.41, 5.74) is -2.02. The third-order valence-corrected chi connectivity index (χ3v) is 7.06. The fourth-order valence-corrected chi connectivity index (χ4v) is 4.93. The zero-order valence-corrected chi connectivity index (χ0v) is 21.3. The fourth-order valence-electron chi connectivity index (χ4n) is 4.93. The molecule has 3 atom stereocenters. The monoisotopic (exact) mass is 437 g/mol. The second kappa shape index (κ2) is 9.03. The summed E-state index contributed by atoms with van der Waals surface area (Å²) >= 11 is 0. The highest BCUT2D eigenvalue weighted by molar-refractivity contribution is 6.45. The van der Waals surface area contributed by atoms with Crippen molar-refractivity contribution >= 4 is 18.9 Å². The third kappa shape index (κ3) is 6.02. The van der Waals surface area contributed by atoms with Crippen molar-refractivity contribution < 1.29 is 18.9 Å². The molecule has 0 aromatic heterocycles. The van der Waals surface area contributed by atoms with Crippen LogP contribution in [0.2, 0.25) is 6.32 Å². The topological polar surface area (TPSA) is 79.9 Å². The number of carbonyl (C=O) groups excluding carboxylic acids is 2. The van der Waals surface area contributed by atoms with E-state index in [0.717, 1.165) is 25.6 Å². The summed E-state index contributed by atoms with van der Waals surface area (Å²) in [6.45, 7) is 15.7. The quantitative estimate of drug-likeness (QED) is 0.625. The Balaban J connectivity index is 2.20. The van der Waals surface area contributed by atoms with Gasteiger partial charge in [-0.15, -0.1) is 0 Å². The molecule has 1 saturated carbocycles. The molecule has 0 aromatic rings. The maximum absolute atomic E-state index is 13.6. The maximum atomic E-state index is 13.6. The Hall–Kier alpha value is -1.12. The molecule has 1 heterocycles. The molecule has 1 aliphatic heterocycles. The number of amides is 2. The third-order valence-electron chi connectivity index (χ3n) is 7.06. The first kappa shape index (κ1) is 26.1. The summed E-state index contributed by atoms with van der Waals surface area (Å²) in [6, 6.07) is -0.0631. The second-order valence-corrected chi connectivity index (χ2v) is 11.7. The Morgan fingerprint density at radius 1 is 1.06 bits per heavy atom. The van der Waals surface area contributed by atoms with Gasteiger partial charge in [-0.1, -0.05) is 6.42 Å². The SMILES string of the molecule is CC(=O)NC1(C(=O)NC(C)(C)C)CC(CCB2OC(C)(C)C(C)(C)O2)CCC1N(C)C.